The molecule has 3 rings (SSSR count). The van der Waals surface area contributed by atoms with Gasteiger partial charge in [0.25, 0.3) is 8.32 Å². The fourth-order valence-electron chi connectivity index (χ4n) is 4.43. The second-order valence-electron chi connectivity index (χ2n) is 9.88. The first kappa shape index (κ1) is 26.4. The summed E-state index contributed by atoms with van der Waals surface area (Å²) < 4.78 is 18.8. The van der Waals surface area contributed by atoms with Crippen molar-refractivity contribution < 1.29 is 13.9 Å². The van der Waals surface area contributed by atoms with Crippen LogP contribution in [0.3, 0.4) is 0 Å². The number of rotatable bonds is 13. The zero-order chi connectivity index (χ0) is 24.3. The van der Waals surface area contributed by atoms with E-state index in [0.717, 1.165) is 12.8 Å². The van der Waals surface area contributed by atoms with Crippen LogP contribution >= 0.6 is 0 Å². The lowest BCUT2D eigenvalue weighted by molar-refractivity contribution is 0.0624. The normalized spacial score (nSPS) is 13.1. The largest absolute Gasteiger partial charge is 0.405 e. The first-order valence-electron chi connectivity index (χ1n) is 12.4. The minimum atomic E-state index is -2.51. The molecule has 1 atom stereocenters. The number of hydrogen-bond acceptors (Lipinski definition) is 3. The number of hydrogen-bond donors (Lipinski definition) is 0. The lowest BCUT2D eigenvalue weighted by Crippen LogP contribution is -2.67. The van der Waals surface area contributed by atoms with Gasteiger partial charge in [-0.3, -0.25) is 0 Å². The first-order chi connectivity index (χ1) is 16.4. The van der Waals surface area contributed by atoms with E-state index in [1.54, 1.807) is 0 Å². The molecular weight excluding hydrogens is 436 g/mol. The van der Waals surface area contributed by atoms with Crippen molar-refractivity contribution in [2.45, 2.75) is 58.3 Å². The molecule has 0 saturated heterocycles. The van der Waals surface area contributed by atoms with Gasteiger partial charge in [0.05, 0.1) is 6.61 Å². The van der Waals surface area contributed by atoms with Crippen LogP contribution in [0.5, 0.6) is 0 Å². The molecule has 3 aromatic carbocycles. The van der Waals surface area contributed by atoms with Gasteiger partial charge in [0.2, 0.25) is 0 Å². The van der Waals surface area contributed by atoms with E-state index in [-0.39, 0.29) is 11.1 Å². The lowest BCUT2D eigenvalue weighted by Gasteiger charge is -2.44. The maximum absolute atomic E-state index is 7.10. The molecule has 3 aromatic rings. The van der Waals surface area contributed by atoms with E-state index in [2.05, 4.69) is 100 Å². The summed E-state index contributed by atoms with van der Waals surface area (Å²) in [6.07, 6.45) is 1.87. The molecule has 0 aliphatic heterocycles. The van der Waals surface area contributed by atoms with Crippen molar-refractivity contribution in [2.24, 2.45) is 0 Å². The van der Waals surface area contributed by atoms with Gasteiger partial charge in [-0.2, -0.15) is 0 Å². The third-order valence-electron chi connectivity index (χ3n) is 6.15. The summed E-state index contributed by atoms with van der Waals surface area (Å²) in [5.74, 6) is 0. The quantitative estimate of drug-likeness (QED) is 0.225. The zero-order valence-corrected chi connectivity index (χ0v) is 22.2. The van der Waals surface area contributed by atoms with Crippen molar-refractivity contribution in [2.75, 3.05) is 19.8 Å². The van der Waals surface area contributed by atoms with Crippen LogP contribution in [0.25, 0.3) is 0 Å². The molecule has 1 unspecified atom stereocenters. The van der Waals surface area contributed by atoms with Gasteiger partial charge >= 0.3 is 0 Å². The van der Waals surface area contributed by atoms with Crippen LogP contribution in [0.15, 0.2) is 91.0 Å². The van der Waals surface area contributed by atoms with Crippen molar-refractivity contribution in [1.29, 1.82) is 0 Å². The monoisotopic (exact) mass is 476 g/mol. The highest BCUT2D eigenvalue weighted by Gasteiger charge is 2.50. The average molecular weight is 477 g/mol. The van der Waals surface area contributed by atoms with Crippen molar-refractivity contribution in [3.05, 3.63) is 96.6 Å². The minimum absolute atomic E-state index is 0.0130. The molecule has 0 radical (unpaired) electrons. The maximum atomic E-state index is 7.10. The van der Waals surface area contributed by atoms with Crippen molar-refractivity contribution in [1.82, 2.24) is 0 Å². The molecule has 4 heteroatoms. The predicted octanol–water partition coefficient (Wildman–Crippen LogP) is 5.97. The summed E-state index contributed by atoms with van der Waals surface area (Å²) in [5, 5.41) is 2.62. The standard InChI is InChI=1S/C30H40O3Si/c1-26(21-24-31-22-14-23-32-25-27-15-8-5-9-16-27)33-34(30(2,3)4,28-17-10-6-11-18-28)29-19-12-7-13-20-29/h5-13,15-20,26H,14,21-25H2,1-4H3. The van der Waals surface area contributed by atoms with Crippen LogP contribution in [0.1, 0.15) is 46.1 Å². The summed E-state index contributed by atoms with van der Waals surface area (Å²) >= 11 is 0. The van der Waals surface area contributed by atoms with Crippen molar-refractivity contribution in [3.8, 4) is 0 Å². The van der Waals surface area contributed by atoms with Crippen molar-refractivity contribution in [3.63, 3.8) is 0 Å². The van der Waals surface area contributed by atoms with Crippen LogP contribution in [-0.2, 0) is 20.5 Å². The van der Waals surface area contributed by atoms with Crippen molar-refractivity contribution >= 4 is 18.7 Å². The molecule has 3 nitrogen and oxygen atoms in total. The van der Waals surface area contributed by atoms with E-state index in [1.165, 1.54) is 15.9 Å². The van der Waals surface area contributed by atoms with E-state index < -0.39 is 8.32 Å². The lowest BCUT2D eigenvalue weighted by atomic mass is 10.2. The molecule has 0 fully saturated rings. The van der Waals surface area contributed by atoms with Gasteiger partial charge in [-0.05, 0) is 40.7 Å². The zero-order valence-electron chi connectivity index (χ0n) is 21.2. The molecule has 34 heavy (non-hydrogen) atoms. The Morgan fingerprint density at radius 3 is 1.71 bits per heavy atom. The molecular formula is C30H40O3Si. The van der Waals surface area contributed by atoms with Crippen LogP contribution in [-0.4, -0.2) is 34.2 Å². The fourth-order valence-corrected chi connectivity index (χ4v) is 9.17. The number of benzene rings is 3. The SMILES string of the molecule is CC(CCOCCCOCc1ccccc1)O[Si](c1ccccc1)(c1ccccc1)C(C)(C)C. The Labute approximate surface area is 207 Å². The highest BCUT2D eigenvalue weighted by Crippen LogP contribution is 2.37. The topological polar surface area (TPSA) is 27.7 Å². The molecule has 0 amide bonds. The highest BCUT2D eigenvalue weighted by atomic mass is 28.4. The Balaban J connectivity index is 1.53. The Morgan fingerprint density at radius 1 is 0.676 bits per heavy atom. The summed E-state index contributed by atoms with van der Waals surface area (Å²) in [6.45, 7) is 11.9. The van der Waals surface area contributed by atoms with Gasteiger partial charge in [0, 0.05) is 25.9 Å². The second-order valence-corrected chi connectivity index (χ2v) is 14.1. The van der Waals surface area contributed by atoms with Gasteiger partial charge in [-0.15, -0.1) is 0 Å². The molecule has 0 N–H and O–H groups in total. The summed E-state index contributed by atoms with van der Waals surface area (Å²) in [6, 6.07) is 31.9. The molecule has 182 valence electrons. The van der Waals surface area contributed by atoms with Crippen LogP contribution in [0.2, 0.25) is 5.04 Å². The maximum Gasteiger partial charge on any atom is 0.261 e. The molecule has 0 heterocycles. The summed E-state index contributed by atoms with van der Waals surface area (Å²) in [5.41, 5.74) is 1.21. The Morgan fingerprint density at radius 2 is 1.18 bits per heavy atom. The van der Waals surface area contributed by atoms with Crippen LogP contribution in [0, 0.1) is 0 Å². The fraction of sp³-hybridized carbons (Fsp3) is 0.400. The molecule has 0 spiro atoms. The first-order valence-corrected chi connectivity index (χ1v) is 14.3. The van der Waals surface area contributed by atoms with Gasteiger partial charge in [0.1, 0.15) is 0 Å². The van der Waals surface area contributed by atoms with Gasteiger partial charge in [-0.25, -0.2) is 0 Å². The second kappa shape index (κ2) is 13.0. The van der Waals surface area contributed by atoms with E-state index in [4.69, 9.17) is 13.9 Å². The Hall–Kier alpha value is -2.24. The predicted molar refractivity (Wildman–Crippen MR) is 144 cm³/mol. The van der Waals surface area contributed by atoms with Crippen LogP contribution < -0.4 is 10.4 Å². The molecule has 0 aromatic heterocycles. The van der Waals surface area contributed by atoms with E-state index in [1.807, 2.05) is 18.2 Å². The minimum Gasteiger partial charge on any atom is -0.405 e. The number of ether oxygens (including phenoxy) is 2. The Bertz CT molecular complexity index is 900. The average Bonchev–Trinajstić information content (AvgIpc) is 2.85. The third kappa shape index (κ3) is 7.13. The highest BCUT2D eigenvalue weighted by molar-refractivity contribution is 6.99. The van der Waals surface area contributed by atoms with E-state index in [0.29, 0.717) is 26.4 Å². The Kier molecular flexibility index (Phi) is 10.1. The molecule has 0 saturated carbocycles. The van der Waals surface area contributed by atoms with Crippen LogP contribution in [0.4, 0.5) is 0 Å². The summed E-state index contributed by atoms with van der Waals surface area (Å²) in [4.78, 5) is 0. The van der Waals surface area contributed by atoms with Gasteiger partial charge in [0.15, 0.2) is 0 Å². The third-order valence-corrected chi connectivity index (χ3v) is 11.3. The molecule has 0 aliphatic carbocycles. The van der Waals surface area contributed by atoms with E-state index in [9.17, 15) is 0 Å². The van der Waals surface area contributed by atoms with Gasteiger partial charge < -0.3 is 13.9 Å². The molecule has 0 bridgehead atoms. The van der Waals surface area contributed by atoms with Gasteiger partial charge in [-0.1, -0.05) is 112 Å². The van der Waals surface area contributed by atoms with E-state index >= 15 is 0 Å². The summed E-state index contributed by atoms with van der Waals surface area (Å²) in [7, 11) is -2.51. The smallest absolute Gasteiger partial charge is 0.261 e. The molecule has 0 aliphatic rings.